The number of hydrogen-bond donors (Lipinski definition) is 1. The van der Waals surface area contributed by atoms with Crippen molar-refractivity contribution >= 4 is 11.8 Å². The van der Waals surface area contributed by atoms with Gasteiger partial charge in [-0.3, -0.25) is 14.6 Å². The Kier molecular flexibility index (Phi) is 5.33. The Morgan fingerprint density at radius 3 is 2.43 bits per heavy atom. The number of oxazole rings is 1. The summed E-state index contributed by atoms with van der Waals surface area (Å²) in [6.45, 7) is 4.77. The van der Waals surface area contributed by atoms with Gasteiger partial charge in [-0.1, -0.05) is 18.2 Å². The number of morpholine rings is 1. The Morgan fingerprint density at radius 2 is 1.83 bits per heavy atom. The van der Waals surface area contributed by atoms with Gasteiger partial charge in [0.25, 0.3) is 5.91 Å². The van der Waals surface area contributed by atoms with Crippen LogP contribution in [0.4, 0.5) is 0 Å². The molecule has 1 aliphatic heterocycles. The zero-order chi connectivity index (χ0) is 21.3. The topological polar surface area (TPSA) is 112 Å². The number of carbonyl (C=O) groups excluding carboxylic acids is 2. The minimum absolute atomic E-state index is 0.187. The third-order valence-electron chi connectivity index (χ3n) is 5.07. The molecule has 0 spiro atoms. The summed E-state index contributed by atoms with van der Waals surface area (Å²) in [6.07, 6.45) is 1.43. The predicted molar refractivity (Wildman–Crippen MR) is 109 cm³/mol. The van der Waals surface area contributed by atoms with Crippen LogP contribution in [0.1, 0.15) is 44.3 Å². The maximum Gasteiger partial charge on any atom is 0.291 e. The number of primary amides is 1. The standard InChI is InChI=1S/C22H22N4O4/c1-13-20(30-14(2)25-13)22(28)26-9-10-29-19(12-26)18-8-7-17(11-24-18)15-3-5-16(6-4-15)21(23)27/h3-8,11,19H,9-10,12H2,1-2H3,(H2,23,27)/t19-/m1/s1. The van der Waals surface area contributed by atoms with Crippen LogP contribution in [-0.4, -0.2) is 46.4 Å². The van der Waals surface area contributed by atoms with E-state index in [-0.39, 0.29) is 17.8 Å². The average molecular weight is 406 g/mol. The summed E-state index contributed by atoms with van der Waals surface area (Å²) in [7, 11) is 0. The molecule has 1 fully saturated rings. The lowest BCUT2D eigenvalue weighted by Crippen LogP contribution is -2.42. The molecule has 0 bridgehead atoms. The minimum atomic E-state index is -0.459. The summed E-state index contributed by atoms with van der Waals surface area (Å²) in [4.78, 5) is 34.4. The van der Waals surface area contributed by atoms with E-state index in [0.717, 1.165) is 16.8 Å². The van der Waals surface area contributed by atoms with Gasteiger partial charge in [-0.15, -0.1) is 0 Å². The lowest BCUT2D eigenvalue weighted by atomic mass is 10.0. The normalized spacial score (nSPS) is 16.5. The van der Waals surface area contributed by atoms with Crippen LogP contribution >= 0.6 is 0 Å². The molecular weight excluding hydrogens is 384 g/mol. The molecule has 154 valence electrons. The maximum atomic E-state index is 12.8. The second-order valence-electron chi connectivity index (χ2n) is 7.17. The van der Waals surface area contributed by atoms with Gasteiger partial charge in [-0.05, 0) is 30.7 Å². The lowest BCUT2D eigenvalue weighted by Gasteiger charge is -2.32. The second kappa shape index (κ2) is 8.08. The number of nitrogens with zero attached hydrogens (tertiary/aromatic N) is 3. The predicted octanol–water partition coefficient (Wildman–Crippen LogP) is 2.67. The van der Waals surface area contributed by atoms with Gasteiger partial charge >= 0.3 is 0 Å². The van der Waals surface area contributed by atoms with Crippen LogP contribution < -0.4 is 5.73 Å². The maximum absolute atomic E-state index is 12.8. The monoisotopic (exact) mass is 406 g/mol. The number of hydrogen-bond acceptors (Lipinski definition) is 6. The fourth-order valence-corrected chi connectivity index (χ4v) is 3.48. The third kappa shape index (κ3) is 3.95. The second-order valence-corrected chi connectivity index (χ2v) is 7.17. The summed E-state index contributed by atoms with van der Waals surface area (Å²) in [6, 6.07) is 10.9. The van der Waals surface area contributed by atoms with Crippen molar-refractivity contribution in [2.75, 3.05) is 19.7 Å². The van der Waals surface area contributed by atoms with Crippen molar-refractivity contribution in [3.05, 3.63) is 71.2 Å². The van der Waals surface area contributed by atoms with Gasteiger partial charge in [0.2, 0.25) is 11.7 Å². The molecule has 0 aliphatic carbocycles. The molecule has 2 N–H and O–H groups in total. The van der Waals surface area contributed by atoms with E-state index in [1.54, 1.807) is 37.1 Å². The van der Waals surface area contributed by atoms with E-state index in [2.05, 4.69) is 9.97 Å². The van der Waals surface area contributed by atoms with Crippen molar-refractivity contribution in [3.63, 3.8) is 0 Å². The van der Waals surface area contributed by atoms with Crippen LogP contribution in [0.15, 0.2) is 47.0 Å². The number of carbonyl (C=O) groups is 2. The fraction of sp³-hybridized carbons (Fsp3) is 0.273. The zero-order valence-electron chi connectivity index (χ0n) is 16.8. The molecule has 3 heterocycles. The van der Waals surface area contributed by atoms with E-state index < -0.39 is 5.91 Å². The van der Waals surface area contributed by atoms with Crippen LogP contribution in [0.3, 0.4) is 0 Å². The number of aryl methyl sites for hydroxylation is 2. The molecular formula is C22H22N4O4. The first-order chi connectivity index (χ1) is 14.4. The molecule has 3 aromatic rings. The molecule has 8 nitrogen and oxygen atoms in total. The molecule has 0 radical (unpaired) electrons. The lowest BCUT2D eigenvalue weighted by molar-refractivity contribution is -0.0257. The van der Waals surface area contributed by atoms with Gasteiger partial charge in [-0.25, -0.2) is 4.98 Å². The van der Waals surface area contributed by atoms with Gasteiger partial charge in [-0.2, -0.15) is 0 Å². The Labute approximate surface area is 173 Å². The Morgan fingerprint density at radius 1 is 1.10 bits per heavy atom. The van der Waals surface area contributed by atoms with E-state index in [4.69, 9.17) is 14.9 Å². The van der Waals surface area contributed by atoms with Gasteiger partial charge in [0, 0.05) is 30.8 Å². The van der Waals surface area contributed by atoms with Crippen LogP contribution in [0.2, 0.25) is 0 Å². The number of aromatic nitrogens is 2. The molecule has 2 amide bonds. The zero-order valence-corrected chi connectivity index (χ0v) is 16.8. The molecule has 4 rings (SSSR count). The average Bonchev–Trinajstić information content (AvgIpc) is 3.11. The van der Waals surface area contributed by atoms with E-state index in [1.807, 2.05) is 24.3 Å². The number of nitrogens with two attached hydrogens (primary N) is 1. The number of rotatable bonds is 4. The molecule has 0 unspecified atom stereocenters. The quantitative estimate of drug-likeness (QED) is 0.713. The Hall–Kier alpha value is -3.52. The van der Waals surface area contributed by atoms with Crippen LogP contribution in [0.25, 0.3) is 11.1 Å². The summed E-state index contributed by atoms with van der Waals surface area (Å²) in [5, 5.41) is 0. The first-order valence-corrected chi connectivity index (χ1v) is 9.63. The van der Waals surface area contributed by atoms with Crippen molar-refractivity contribution in [2.45, 2.75) is 20.0 Å². The van der Waals surface area contributed by atoms with Crippen molar-refractivity contribution < 1.29 is 18.7 Å². The molecule has 1 atom stereocenters. The minimum Gasteiger partial charge on any atom is -0.436 e. The molecule has 1 saturated heterocycles. The fourth-order valence-electron chi connectivity index (χ4n) is 3.48. The summed E-state index contributed by atoms with van der Waals surface area (Å²) >= 11 is 0. The van der Waals surface area contributed by atoms with Crippen molar-refractivity contribution in [1.82, 2.24) is 14.9 Å². The van der Waals surface area contributed by atoms with Gasteiger partial charge in [0.1, 0.15) is 6.10 Å². The first kappa shape index (κ1) is 19.8. The number of amides is 2. The van der Waals surface area contributed by atoms with Crippen molar-refractivity contribution in [1.29, 1.82) is 0 Å². The van der Waals surface area contributed by atoms with E-state index in [1.165, 1.54) is 0 Å². The Balaban J connectivity index is 1.48. The van der Waals surface area contributed by atoms with E-state index in [9.17, 15) is 9.59 Å². The third-order valence-corrected chi connectivity index (χ3v) is 5.07. The highest BCUT2D eigenvalue weighted by molar-refractivity contribution is 5.93. The molecule has 30 heavy (non-hydrogen) atoms. The molecule has 8 heteroatoms. The SMILES string of the molecule is Cc1nc(C)c(C(=O)N2CCO[C@@H](c3ccc(-c4ccc(C(N)=O)cc4)cn3)C2)o1. The van der Waals surface area contributed by atoms with Crippen LogP contribution in [0.5, 0.6) is 0 Å². The number of pyridine rings is 1. The van der Waals surface area contributed by atoms with E-state index >= 15 is 0 Å². The van der Waals surface area contributed by atoms with E-state index in [0.29, 0.717) is 36.8 Å². The van der Waals surface area contributed by atoms with Gasteiger partial charge in [0.15, 0.2) is 5.89 Å². The van der Waals surface area contributed by atoms with Crippen LogP contribution in [0, 0.1) is 13.8 Å². The van der Waals surface area contributed by atoms with Crippen molar-refractivity contribution in [3.8, 4) is 11.1 Å². The smallest absolute Gasteiger partial charge is 0.291 e. The highest BCUT2D eigenvalue weighted by Crippen LogP contribution is 2.25. The molecule has 2 aromatic heterocycles. The largest absolute Gasteiger partial charge is 0.436 e. The summed E-state index contributed by atoms with van der Waals surface area (Å²) in [5.41, 5.74) is 8.91. The molecule has 1 aliphatic rings. The van der Waals surface area contributed by atoms with Crippen molar-refractivity contribution in [2.24, 2.45) is 5.73 Å². The van der Waals surface area contributed by atoms with Gasteiger partial charge in [0.05, 0.1) is 24.5 Å². The number of ether oxygens (including phenoxy) is 1. The highest BCUT2D eigenvalue weighted by Gasteiger charge is 2.29. The highest BCUT2D eigenvalue weighted by atomic mass is 16.5. The first-order valence-electron chi connectivity index (χ1n) is 9.63. The van der Waals surface area contributed by atoms with Crippen LogP contribution in [-0.2, 0) is 4.74 Å². The number of benzene rings is 1. The molecule has 0 saturated carbocycles. The molecule has 1 aromatic carbocycles. The Bertz CT molecular complexity index is 1070. The summed E-state index contributed by atoms with van der Waals surface area (Å²) < 4.78 is 11.3. The van der Waals surface area contributed by atoms with Gasteiger partial charge < -0.3 is 19.8 Å². The summed E-state index contributed by atoms with van der Waals surface area (Å²) in [5.74, 6) is 0.101.